The van der Waals surface area contributed by atoms with Crippen LogP contribution in [0.15, 0.2) is 36.5 Å². The molecule has 0 fully saturated rings. The van der Waals surface area contributed by atoms with Crippen LogP contribution in [0.4, 0.5) is 11.6 Å². The highest BCUT2D eigenvalue weighted by Crippen LogP contribution is 2.33. The number of thiazole rings is 1. The molecule has 1 N–H and O–H groups in total. The van der Waals surface area contributed by atoms with Crippen LogP contribution in [-0.4, -0.2) is 22.1 Å². The Morgan fingerprint density at radius 3 is 2.59 bits per heavy atom. The maximum absolute atomic E-state index is 5.18. The van der Waals surface area contributed by atoms with Crippen LogP contribution >= 0.6 is 33.9 Å². The van der Waals surface area contributed by atoms with E-state index in [1.54, 1.807) is 13.3 Å². The van der Waals surface area contributed by atoms with Gasteiger partial charge in [-0.25, -0.2) is 15.0 Å². The van der Waals surface area contributed by atoms with Gasteiger partial charge >= 0.3 is 0 Å². The third-order valence-electron chi connectivity index (χ3n) is 2.94. The van der Waals surface area contributed by atoms with Crippen LogP contribution in [0.2, 0.25) is 0 Å². The molecule has 0 radical (unpaired) electrons. The van der Waals surface area contributed by atoms with E-state index in [4.69, 9.17) is 4.74 Å². The first-order valence-electron chi connectivity index (χ1n) is 6.53. The third kappa shape index (κ3) is 3.36. The number of nitrogens with one attached hydrogen (secondary N) is 1. The van der Waals surface area contributed by atoms with Crippen molar-refractivity contribution < 1.29 is 4.74 Å². The Hall–Kier alpha value is -1.74. The third-order valence-corrected chi connectivity index (χ3v) is 4.80. The number of aryl methyl sites for hydroxylation is 1. The summed E-state index contributed by atoms with van der Waals surface area (Å²) in [6.45, 7) is 1.95. The molecule has 0 saturated heterocycles. The Kier molecular flexibility index (Phi) is 4.53. The molecule has 0 atom stereocenters. The lowest BCUT2D eigenvalue weighted by molar-refractivity contribution is 0.411. The molecule has 2 aromatic heterocycles. The monoisotopic (exact) mass is 424 g/mol. The number of rotatable bonds is 4. The van der Waals surface area contributed by atoms with Gasteiger partial charge < -0.3 is 10.1 Å². The van der Waals surface area contributed by atoms with E-state index in [2.05, 4.69) is 42.9 Å². The molecule has 3 rings (SSSR count). The summed E-state index contributed by atoms with van der Waals surface area (Å²) in [4.78, 5) is 14.2. The zero-order valence-electron chi connectivity index (χ0n) is 12.0. The highest BCUT2D eigenvalue weighted by atomic mass is 127. The number of nitrogens with zero attached hydrogens (tertiary/aromatic N) is 3. The molecule has 0 spiro atoms. The van der Waals surface area contributed by atoms with Gasteiger partial charge in [0.05, 0.1) is 23.4 Å². The molecule has 0 saturated carbocycles. The minimum Gasteiger partial charge on any atom is -0.473 e. The van der Waals surface area contributed by atoms with Crippen molar-refractivity contribution in [3.8, 4) is 15.8 Å². The van der Waals surface area contributed by atoms with Crippen molar-refractivity contribution in [2.75, 3.05) is 12.4 Å². The molecule has 0 amide bonds. The topological polar surface area (TPSA) is 59.9 Å². The second-order valence-electron chi connectivity index (χ2n) is 4.50. The number of hydrogen-bond donors (Lipinski definition) is 1. The van der Waals surface area contributed by atoms with Crippen LogP contribution in [0.1, 0.15) is 5.69 Å². The number of hydrogen-bond acceptors (Lipinski definition) is 6. The number of benzene rings is 1. The van der Waals surface area contributed by atoms with E-state index in [9.17, 15) is 0 Å². The molecular weight excluding hydrogens is 411 g/mol. The summed E-state index contributed by atoms with van der Waals surface area (Å²) in [6.07, 6.45) is 1.74. The maximum atomic E-state index is 5.18. The van der Waals surface area contributed by atoms with Gasteiger partial charge in [-0.15, -0.1) is 0 Å². The summed E-state index contributed by atoms with van der Waals surface area (Å²) >= 11 is 3.75. The predicted octanol–water partition coefficient (Wildman–Crippen LogP) is 4.27. The van der Waals surface area contributed by atoms with Gasteiger partial charge in [0, 0.05) is 15.5 Å². The van der Waals surface area contributed by atoms with Crippen LogP contribution in [0.3, 0.4) is 0 Å². The maximum Gasteiger partial charge on any atom is 0.273 e. The molecule has 22 heavy (non-hydrogen) atoms. The molecule has 0 unspecified atom stereocenters. The lowest BCUT2D eigenvalue weighted by Crippen LogP contribution is -1.97. The van der Waals surface area contributed by atoms with Crippen molar-refractivity contribution in [1.29, 1.82) is 0 Å². The van der Waals surface area contributed by atoms with E-state index in [-0.39, 0.29) is 0 Å². The van der Waals surface area contributed by atoms with Crippen LogP contribution < -0.4 is 10.1 Å². The Bertz CT molecular complexity index is 788. The van der Waals surface area contributed by atoms with Gasteiger partial charge in [-0.2, -0.15) is 0 Å². The molecule has 2 heterocycles. The first-order valence-corrected chi connectivity index (χ1v) is 8.42. The summed E-state index contributed by atoms with van der Waals surface area (Å²) < 4.78 is 6.37. The Labute approximate surface area is 146 Å². The number of ether oxygens (including phenoxy) is 1. The normalized spacial score (nSPS) is 10.5. The number of halogens is 1. The molecule has 3 aromatic rings. The second kappa shape index (κ2) is 6.57. The van der Waals surface area contributed by atoms with Gasteiger partial charge in [0.2, 0.25) is 5.95 Å². The van der Waals surface area contributed by atoms with E-state index in [1.807, 2.05) is 37.3 Å². The molecule has 1 aromatic carbocycles. The fraction of sp³-hybridized carbons (Fsp3) is 0.133. The van der Waals surface area contributed by atoms with Gasteiger partial charge in [-0.05, 0) is 59.8 Å². The van der Waals surface area contributed by atoms with Crippen LogP contribution in [-0.2, 0) is 0 Å². The van der Waals surface area contributed by atoms with Crippen LogP contribution in [0.5, 0.6) is 5.19 Å². The zero-order valence-corrected chi connectivity index (χ0v) is 15.0. The minimum atomic E-state index is 0.561. The molecule has 0 aliphatic carbocycles. The fourth-order valence-electron chi connectivity index (χ4n) is 1.90. The van der Waals surface area contributed by atoms with Crippen molar-refractivity contribution in [2.45, 2.75) is 6.92 Å². The highest BCUT2D eigenvalue weighted by molar-refractivity contribution is 14.1. The van der Waals surface area contributed by atoms with Gasteiger partial charge in [0.1, 0.15) is 0 Å². The molecule has 0 aliphatic rings. The van der Waals surface area contributed by atoms with Crippen molar-refractivity contribution >= 4 is 45.6 Å². The number of aromatic nitrogens is 3. The first-order chi connectivity index (χ1) is 10.7. The van der Waals surface area contributed by atoms with Crippen molar-refractivity contribution in [2.24, 2.45) is 0 Å². The van der Waals surface area contributed by atoms with E-state index in [0.717, 1.165) is 22.0 Å². The van der Waals surface area contributed by atoms with Crippen LogP contribution in [0, 0.1) is 10.5 Å². The number of anilines is 2. The quantitative estimate of drug-likeness (QED) is 0.635. The van der Waals surface area contributed by atoms with Crippen LogP contribution in [0.25, 0.3) is 10.6 Å². The summed E-state index contributed by atoms with van der Waals surface area (Å²) in [6, 6.07) is 9.94. The zero-order chi connectivity index (χ0) is 15.5. The van der Waals surface area contributed by atoms with Crippen molar-refractivity contribution in [1.82, 2.24) is 15.0 Å². The summed E-state index contributed by atoms with van der Waals surface area (Å²) in [5, 5.41) is 3.85. The molecule has 0 aliphatic heterocycles. The molecule has 5 nitrogen and oxygen atoms in total. The SMILES string of the molecule is COc1nc(C)c(-c2ccnc(Nc3ccc(I)cc3)n2)s1. The lowest BCUT2D eigenvalue weighted by atomic mass is 10.3. The molecule has 112 valence electrons. The predicted molar refractivity (Wildman–Crippen MR) is 96.9 cm³/mol. The smallest absolute Gasteiger partial charge is 0.273 e. The first kappa shape index (κ1) is 15.2. The Morgan fingerprint density at radius 1 is 1.14 bits per heavy atom. The summed E-state index contributed by atoms with van der Waals surface area (Å²) in [5.41, 5.74) is 2.69. The summed E-state index contributed by atoms with van der Waals surface area (Å²) in [5.74, 6) is 0.561. The Balaban J connectivity index is 1.88. The minimum absolute atomic E-state index is 0.561. The average molecular weight is 424 g/mol. The summed E-state index contributed by atoms with van der Waals surface area (Å²) in [7, 11) is 1.62. The molecular formula is C15H13IN4OS. The van der Waals surface area contributed by atoms with Crippen molar-refractivity contribution in [3.63, 3.8) is 0 Å². The highest BCUT2D eigenvalue weighted by Gasteiger charge is 2.12. The van der Waals surface area contributed by atoms with Crippen molar-refractivity contribution in [3.05, 3.63) is 45.8 Å². The van der Waals surface area contributed by atoms with E-state index in [0.29, 0.717) is 11.1 Å². The average Bonchev–Trinajstić information content (AvgIpc) is 2.91. The van der Waals surface area contributed by atoms with E-state index < -0.39 is 0 Å². The largest absolute Gasteiger partial charge is 0.473 e. The van der Waals surface area contributed by atoms with Gasteiger partial charge in [0.15, 0.2) is 0 Å². The second-order valence-corrected chi connectivity index (χ2v) is 6.70. The number of methoxy groups -OCH3 is 1. The molecule has 0 bridgehead atoms. The fourth-order valence-corrected chi connectivity index (χ4v) is 3.12. The standard InChI is InChI=1S/C15H13IN4OS/c1-9-13(22-15(18-9)21-2)12-7-8-17-14(20-12)19-11-5-3-10(16)4-6-11/h3-8H,1-2H3,(H,17,19,20). The van der Waals surface area contributed by atoms with E-state index >= 15 is 0 Å². The lowest BCUT2D eigenvalue weighted by Gasteiger charge is -2.06. The van der Waals surface area contributed by atoms with Gasteiger partial charge in [-0.1, -0.05) is 11.3 Å². The van der Waals surface area contributed by atoms with Gasteiger partial charge in [0.25, 0.3) is 5.19 Å². The molecule has 7 heteroatoms. The van der Waals surface area contributed by atoms with Gasteiger partial charge in [-0.3, -0.25) is 0 Å². The Morgan fingerprint density at radius 2 is 1.91 bits per heavy atom. The van der Waals surface area contributed by atoms with E-state index in [1.165, 1.54) is 14.9 Å².